The average Bonchev–Trinajstić information content (AvgIpc) is 2.87. The van der Waals surface area contributed by atoms with Crippen molar-refractivity contribution in [3.05, 3.63) is 0 Å². The lowest BCUT2D eigenvalue weighted by atomic mass is 9.95. The van der Waals surface area contributed by atoms with Crippen LogP contribution in [0.5, 0.6) is 0 Å². The molecule has 116 valence electrons. The van der Waals surface area contributed by atoms with Gasteiger partial charge < -0.3 is 10.6 Å². The minimum atomic E-state index is -0.0556. The number of hydrogen-bond acceptors (Lipinski definition) is 3. The lowest BCUT2D eigenvalue weighted by molar-refractivity contribution is -0.123. The van der Waals surface area contributed by atoms with E-state index >= 15 is 0 Å². The van der Waals surface area contributed by atoms with Crippen LogP contribution in [0.15, 0.2) is 0 Å². The second-order valence-electron chi connectivity index (χ2n) is 6.26. The third-order valence-electron chi connectivity index (χ3n) is 4.64. The molecule has 0 aromatic rings. The van der Waals surface area contributed by atoms with Gasteiger partial charge in [0.25, 0.3) is 0 Å². The molecule has 2 saturated carbocycles. The Morgan fingerprint density at radius 3 is 2.60 bits per heavy atom. The monoisotopic (exact) mass is 298 g/mol. The Kier molecular flexibility index (Phi) is 6.69. The van der Waals surface area contributed by atoms with Gasteiger partial charge in [0.2, 0.25) is 5.91 Å². The summed E-state index contributed by atoms with van der Waals surface area (Å²) in [7, 11) is 0. The van der Waals surface area contributed by atoms with Gasteiger partial charge in [-0.15, -0.1) is 0 Å². The predicted octanol–water partition coefficient (Wildman–Crippen LogP) is 3.09. The molecule has 0 aliphatic heterocycles. The number of nitrogens with one attached hydrogen (secondary N) is 2. The van der Waals surface area contributed by atoms with E-state index in [1.54, 1.807) is 0 Å². The summed E-state index contributed by atoms with van der Waals surface area (Å²) in [5.41, 5.74) is 0. The highest BCUT2D eigenvalue weighted by atomic mass is 32.2. The van der Waals surface area contributed by atoms with Crippen molar-refractivity contribution in [1.82, 2.24) is 10.6 Å². The molecule has 3 unspecified atom stereocenters. The van der Waals surface area contributed by atoms with Crippen molar-refractivity contribution in [1.29, 1.82) is 0 Å². The Bertz CT molecular complexity index is 305. The van der Waals surface area contributed by atoms with Crippen molar-refractivity contribution >= 4 is 17.7 Å². The largest absolute Gasteiger partial charge is 0.352 e. The summed E-state index contributed by atoms with van der Waals surface area (Å²) < 4.78 is 0. The van der Waals surface area contributed by atoms with Gasteiger partial charge in [-0.3, -0.25) is 4.79 Å². The van der Waals surface area contributed by atoms with E-state index in [2.05, 4.69) is 17.6 Å². The molecule has 0 heterocycles. The van der Waals surface area contributed by atoms with E-state index in [0.29, 0.717) is 17.3 Å². The lowest BCUT2D eigenvalue weighted by Crippen LogP contribution is -2.51. The van der Waals surface area contributed by atoms with Crippen LogP contribution in [0, 0.1) is 0 Å². The fraction of sp³-hybridized carbons (Fsp3) is 0.938. The first kappa shape index (κ1) is 16.2. The molecule has 2 aliphatic carbocycles. The van der Waals surface area contributed by atoms with Crippen LogP contribution in [0.25, 0.3) is 0 Å². The van der Waals surface area contributed by atoms with Crippen LogP contribution in [0.3, 0.4) is 0 Å². The van der Waals surface area contributed by atoms with Crippen LogP contribution < -0.4 is 10.6 Å². The zero-order chi connectivity index (χ0) is 14.4. The average molecular weight is 298 g/mol. The van der Waals surface area contributed by atoms with Crippen LogP contribution in [0.2, 0.25) is 0 Å². The van der Waals surface area contributed by atoms with E-state index in [4.69, 9.17) is 0 Å². The van der Waals surface area contributed by atoms with E-state index < -0.39 is 0 Å². The van der Waals surface area contributed by atoms with E-state index in [-0.39, 0.29) is 11.9 Å². The summed E-state index contributed by atoms with van der Waals surface area (Å²) >= 11 is 2.04. The van der Waals surface area contributed by atoms with Gasteiger partial charge in [-0.25, -0.2) is 0 Å². The Balaban J connectivity index is 1.75. The van der Waals surface area contributed by atoms with E-state index in [1.165, 1.54) is 44.3 Å². The molecule has 20 heavy (non-hydrogen) atoms. The van der Waals surface area contributed by atoms with Crippen molar-refractivity contribution < 1.29 is 4.79 Å². The molecule has 3 nitrogen and oxygen atoms in total. The van der Waals surface area contributed by atoms with Crippen LogP contribution >= 0.6 is 11.8 Å². The maximum absolute atomic E-state index is 12.3. The molecule has 0 radical (unpaired) electrons. The maximum atomic E-state index is 12.3. The molecule has 4 heteroatoms. The number of hydrogen-bond donors (Lipinski definition) is 2. The second kappa shape index (κ2) is 8.28. The molecule has 0 bridgehead atoms. The Hall–Kier alpha value is -0.220. The molecule has 3 atom stereocenters. The van der Waals surface area contributed by atoms with Crippen molar-refractivity contribution in [2.45, 2.75) is 88.6 Å². The summed E-state index contributed by atoms with van der Waals surface area (Å²) in [5.74, 6) is 1.37. The van der Waals surface area contributed by atoms with Gasteiger partial charge in [0.1, 0.15) is 0 Å². The third kappa shape index (κ3) is 4.66. The topological polar surface area (TPSA) is 41.1 Å². The highest BCUT2D eigenvalue weighted by molar-refractivity contribution is 7.99. The molecule has 0 aromatic carbocycles. The molecule has 2 rings (SSSR count). The van der Waals surface area contributed by atoms with Crippen LogP contribution in [-0.4, -0.2) is 35.0 Å². The maximum Gasteiger partial charge on any atom is 0.237 e. The first-order valence-corrected chi connectivity index (χ1v) is 9.43. The van der Waals surface area contributed by atoms with Crippen molar-refractivity contribution in [3.63, 3.8) is 0 Å². The number of amides is 1. The SMILES string of the molecule is CCSC1CCCC1NC(C)C(=O)NC1CCCCC1. The van der Waals surface area contributed by atoms with Gasteiger partial charge in [-0.2, -0.15) is 11.8 Å². The highest BCUT2D eigenvalue weighted by Crippen LogP contribution is 2.30. The normalized spacial score (nSPS) is 29.3. The van der Waals surface area contributed by atoms with Crippen molar-refractivity contribution in [2.24, 2.45) is 0 Å². The van der Waals surface area contributed by atoms with Gasteiger partial charge in [-0.1, -0.05) is 32.6 Å². The Morgan fingerprint density at radius 2 is 1.90 bits per heavy atom. The third-order valence-corrected chi connectivity index (χ3v) is 5.97. The van der Waals surface area contributed by atoms with E-state index in [0.717, 1.165) is 12.8 Å². The van der Waals surface area contributed by atoms with E-state index in [9.17, 15) is 4.79 Å². The predicted molar refractivity (Wildman–Crippen MR) is 87.2 cm³/mol. The number of rotatable bonds is 6. The standard InChI is InChI=1S/C16H30N2OS/c1-3-20-15-11-7-10-14(15)17-12(2)16(19)18-13-8-5-4-6-9-13/h12-15,17H,3-11H2,1-2H3,(H,18,19). The number of thioether (sulfide) groups is 1. The Labute approximate surface area is 128 Å². The zero-order valence-electron chi connectivity index (χ0n) is 13.0. The van der Waals surface area contributed by atoms with Gasteiger partial charge in [0, 0.05) is 17.3 Å². The molecule has 2 fully saturated rings. The van der Waals surface area contributed by atoms with Gasteiger partial charge in [0.05, 0.1) is 6.04 Å². The van der Waals surface area contributed by atoms with Gasteiger partial charge >= 0.3 is 0 Å². The quantitative estimate of drug-likeness (QED) is 0.792. The molecular formula is C16H30N2OS. The molecule has 0 saturated heterocycles. The fourth-order valence-electron chi connectivity index (χ4n) is 3.50. The molecule has 2 N–H and O–H groups in total. The molecule has 0 aromatic heterocycles. The van der Waals surface area contributed by atoms with Crippen molar-refractivity contribution in [2.75, 3.05) is 5.75 Å². The number of carbonyl (C=O) groups excluding carboxylic acids is 1. The minimum absolute atomic E-state index is 0.0556. The van der Waals surface area contributed by atoms with Crippen LogP contribution in [0.1, 0.15) is 65.2 Å². The smallest absolute Gasteiger partial charge is 0.237 e. The molecule has 1 amide bonds. The first-order chi connectivity index (χ1) is 9.70. The van der Waals surface area contributed by atoms with Gasteiger partial charge in [0.15, 0.2) is 0 Å². The summed E-state index contributed by atoms with van der Waals surface area (Å²) in [6, 6.07) is 0.886. The van der Waals surface area contributed by atoms with Crippen LogP contribution in [0.4, 0.5) is 0 Å². The van der Waals surface area contributed by atoms with Crippen molar-refractivity contribution in [3.8, 4) is 0 Å². The van der Waals surface area contributed by atoms with Gasteiger partial charge in [-0.05, 0) is 38.4 Å². The fourth-order valence-corrected chi connectivity index (χ4v) is 4.71. The summed E-state index contributed by atoms with van der Waals surface area (Å²) in [4.78, 5) is 12.3. The first-order valence-electron chi connectivity index (χ1n) is 8.38. The summed E-state index contributed by atoms with van der Waals surface area (Å²) in [6.07, 6.45) is 10.0. The lowest BCUT2D eigenvalue weighted by Gasteiger charge is -2.27. The summed E-state index contributed by atoms with van der Waals surface area (Å²) in [5, 5.41) is 7.50. The molecular weight excluding hydrogens is 268 g/mol. The summed E-state index contributed by atoms with van der Waals surface area (Å²) in [6.45, 7) is 4.24. The molecule has 2 aliphatic rings. The van der Waals surface area contributed by atoms with E-state index in [1.807, 2.05) is 18.7 Å². The Morgan fingerprint density at radius 1 is 1.15 bits per heavy atom. The van der Waals surface area contributed by atoms with Crippen LogP contribution in [-0.2, 0) is 4.79 Å². The molecule has 0 spiro atoms. The minimum Gasteiger partial charge on any atom is -0.352 e. The second-order valence-corrected chi connectivity index (χ2v) is 7.78. The zero-order valence-corrected chi connectivity index (χ0v) is 13.8. The number of carbonyl (C=O) groups is 1. The highest BCUT2D eigenvalue weighted by Gasteiger charge is 2.30.